The van der Waals surface area contributed by atoms with Gasteiger partial charge in [0.1, 0.15) is 10.8 Å². The van der Waals surface area contributed by atoms with Crippen molar-refractivity contribution < 1.29 is 4.39 Å². The van der Waals surface area contributed by atoms with Crippen LogP contribution in [0.15, 0.2) is 24.3 Å². The van der Waals surface area contributed by atoms with Gasteiger partial charge >= 0.3 is 0 Å². The van der Waals surface area contributed by atoms with E-state index in [1.165, 1.54) is 23.5 Å². The Kier molecular flexibility index (Phi) is 2.63. The molecule has 16 heavy (non-hydrogen) atoms. The molecule has 84 valence electrons. The lowest BCUT2D eigenvalue weighted by Crippen LogP contribution is -2.18. The van der Waals surface area contributed by atoms with Gasteiger partial charge in [0.05, 0.1) is 0 Å². The molecule has 0 spiro atoms. The number of halogens is 1. The summed E-state index contributed by atoms with van der Waals surface area (Å²) in [6, 6.07) is 6.41. The molecule has 1 heterocycles. The molecule has 2 aromatic rings. The smallest absolute Gasteiger partial charge is 0.203 e. The SMILES string of the molecule is CC(C)(c1ccc(F)cc1)c1nnc(N)s1. The summed E-state index contributed by atoms with van der Waals surface area (Å²) < 4.78 is 12.8. The maximum atomic E-state index is 12.8. The number of hydrogen-bond donors (Lipinski definition) is 1. The van der Waals surface area contributed by atoms with Crippen molar-refractivity contribution in [3.63, 3.8) is 0 Å². The van der Waals surface area contributed by atoms with Crippen LogP contribution in [0.3, 0.4) is 0 Å². The molecule has 0 saturated heterocycles. The Morgan fingerprint density at radius 1 is 1.19 bits per heavy atom. The number of hydrogen-bond acceptors (Lipinski definition) is 4. The fourth-order valence-electron chi connectivity index (χ4n) is 1.48. The molecule has 1 aromatic heterocycles. The molecule has 0 radical (unpaired) electrons. The van der Waals surface area contributed by atoms with Crippen LogP contribution in [0.4, 0.5) is 9.52 Å². The maximum absolute atomic E-state index is 12.8. The Bertz CT molecular complexity index is 490. The first kappa shape index (κ1) is 11.0. The van der Waals surface area contributed by atoms with Crippen molar-refractivity contribution >= 4 is 16.5 Å². The average molecular weight is 237 g/mol. The van der Waals surface area contributed by atoms with Gasteiger partial charge in [-0.25, -0.2) is 4.39 Å². The van der Waals surface area contributed by atoms with E-state index in [1.54, 1.807) is 12.1 Å². The van der Waals surface area contributed by atoms with Crippen LogP contribution in [-0.4, -0.2) is 10.2 Å². The predicted molar refractivity (Wildman–Crippen MR) is 62.8 cm³/mol. The molecule has 0 fully saturated rings. The number of rotatable bonds is 2. The average Bonchev–Trinajstić information content (AvgIpc) is 2.66. The molecule has 5 heteroatoms. The van der Waals surface area contributed by atoms with Gasteiger partial charge in [0.15, 0.2) is 0 Å². The number of nitrogen functional groups attached to an aromatic ring is 1. The third-order valence-electron chi connectivity index (χ3n) is 2.54. The van der Waals surface area contributed by atoms with Gasteiger partial charge < -0.3 is 5.73 Å². The summed E-state index contributed by atoms with van der Waals surface area (Å²) in [5, 5.41) is 9.11. The highest BCUT2D eigenvalue weighted by molar-refractivity contribution is 7.15. The van der Waals surface area contributed by atoms with Crippen LogP contribution in [0.25, 0.3) is 0 Å². The fraction of sp³-hybridized carbons (Fsp3) is 0.273. The van der Waals surface area contributed by atoms with Gasteiger partial charge in [-0.05, 0) is 31.5 Å². The molecule has 0 amide bonds. The maximum Gasteiger partial charge on any atom is 0.203 e. The number of nitrogens with zero attached hydrogens (tertiary/aromatic N) is 2. The highest BCUT2D eigenvalue weighted by atomic mass is 32.1. The Hall–Kier alpha value is -1.49. The van der Waals surface area contributed by atoms with Crippen molar-refractivity contribution in [2.45, 2.75) is 19.3 Å². The number of anilines is 1. The van der Waals surface area contributed by atoms with E-state index < -0.39 is 0 Å². The van der Waals surface area contributed by atoms with Crippen LogP contribution in [0.5, 0.6) is 0 Å². The quantitative estimate of drug-likeness (QED) is 0.873. The van der Waals surface area contributed by atoms with E-state index in [4.69, 9.17) is 5.73 Å². The van der Waals surface area contributed by atoms with Gasteiger partial charge in [-0.1, -0.05) is 23.5 Å². The lowest BCUT2D eigenvalue weighted by molar-refractivity contribution is 0.608. The lowest BCUT2D eigenvalue weighted by Gasteiger charge is -2.21. The molecule has 0 aliphatic carbocycles. The highest BCUT2D eigenvalue weighted by Crippen LogP contribution is 2.33. The van der Waals surface area contributed by atoms with Crippen LogP contribution in [0, 0.1) is 5.82 Å². The first-order valence-electron chi connectivity index (χ1n) is 4.85. The summed E-state index contributed by atoms with van der Waals surface area (Å²) in [6.07, 6.45) is 0. The van der Waals surface area contributed by atoms with E-state index in [9.17, 15) is 4.39 Å². The van der Waals surface area contributed by atoms with Gasteiger partial charge in [0, 0.05) is 5.41 Å². The van der Waals surface area contributed by atoms with E-state index in [0.29, 0.717) is 5.13 Å². The molecule has 0 aliphatic rings. The zero-order valence-corrected chi connectivity index (χ0v) is 9.88. The summed E-state index contributed by atoms with van der Waals surface area (Å²) in [5.74, 6) is -0.240. The molecule has 0 atom stereocenters. The normalized spacial score (nSPS) is 11.7. The summed E-state index contributed by atoms with van der Waals surface area (Å²) in [7, 11) is 0. The molecule has 3 nitrogen and oxygen atoms in total. The standard InChI is InChI=1S/C11H12FN3S/c1-11(2,9-14-15-10(13)16-9)7-3-5-8(12)6-4-7/h3-6H,1-2H3,(H2,13,15). The highest BCUT2D eigenvalue weighted by Gasteiger charge is 2.27. The second-order valence-electron chi connectivity index (χ2n) is 4.08. The van der Waals surface area contributed by atoms with Gasteiger partial charge in [-0.3, -0.25) is 0 Å². The monoisotopic (exact) mass is 237 g/mol. The first-order chi connectivity index (χ1) is 7.50. The van der Waals surface area contributed by atoms with Gasteiger partial charge in [0.2, 0.25) is 5.13 Å². The van der Waals surface area contributed by atoms with E-state index in [1.807, 2.05) is 13.8 Å². The Balaban J connectivity index is 2.42. The van der Waals surface area contributed by atoms with Crippen molar-refractivity contribution in [2.24, 2.45) is 0 Å². The fourth-order valence-corrected chi connectivity index (χ4v) is 2.21. The minimum atomic E-state index is -0.303. The topological polar surface area (TPSA) is 51.8 Å². The van der Waals surface area contributed by atoms with Crippen LogP contribution >= 0.6 is 11.3 Å². The van der Waals surface area contributed by atoms with Crippen molar-refractivity contribution in [1.82, 2.24) is 10.2 Å². The molecule has 0 bridgehead atoms. The summed E-state index contributed by atoms with van der Waals surface area (Å²) in [4.78, 5) is 0. The third-order valence-corrected chi connectivity index (χ3v) is 3.62. The van der Waals surface area contributed by atoms with Gasteiger partial charge in [-0.15, -0.1) is 10.2 Å². The van der Waals surface area contributed by atoms with E-state index in [2.05, 4.69) is 10.2 Å². The minimum absolute atomic E-state index is 0.240. The third kappa shape index (κ3) is 1.90. The molecular formula is C11H12FN3S. The lowest BCUT2D eigenvalue weighted by atomic mass is 9.85. The van der Waals surface area contributed by atoms with Crippen molar-refractivity contribution in [2.75, 3.05) is 5.73 Å². The van der Waals surface area contributed by atoms with Crippen molar-refractivity contribution in [3.8, 4) is 0 Å². The zero-order valence-electron chi connectivity index (χ0n) is 9.07. The number of nitrogens with two attached hydrogens (primary N) is 1. The molecular weight excluding hydrogens is 225 g/mol. The Labute approximate surface area is 97.1 Å². The second-order valence-corrected chi connectivity index (χ2v) is 5.09. The molecule has 2 N–H and O–H groups in total. The van der Waals surface area contributed by atoms with Crippen LogP contribution in [0.2, 0.25) is 0 Å². The number of benzene rings is 1. The van der Waals surface area contributed by atoms with Crippen LogP contribution in [0.1, 0.15) is 24.4 Å². The Morgan fingerprint density at radius 3 is 2.31 bits per heavy atom. The van der Waals surface area contributed by atoms with Crippen LogP contribution < -0.4 is 5.73 Å². The van der Waals surface area contributed by atoms with Crippen molar-refractivity contribution in [3.05, 3.63) is 40.7 Å². The van der Waals surface area contributed by atoms with Crippen molar-refractivity contribution in [1.29, 1.82) is 0 Å². The molecule has 2 rings (SSSR count). The minimum Gasteiger partial charge on any atom is -0.374 e. The molecule has 0 aliphatic heterocycles. The molecule has 0 saturated carbocycles. The molecule has 0 unspecified atom stereocenters. The first-order valence-corrected chi connectivity index (χ1v) is 5.67. The zero-order chi connectivity index (χ0) is 11.8. The largest absolute Gasteiger partial charge is 0.374 e. The Morgan fingerprint density at radius 2 is 1.81 bits per heavy atom. The summed E-state index contributed by atoms with van der Waals surface area (Å²) in [5.41, 5.74) is 6.25. The van der Waals surface area contributed by atoms with Gasteiger partial charge in [-0.2, -0.15) is 0 Å². The second kappa shape index (κ2) is 3.83. The summed E-state index contributed by atoms with van der Waals surface area (Å²) in [6.45, 7) is 4.03. The van der Waals surface area contributed by atoms with Crippen LogP contribution in [-0.2, 0) is 5.41 Å². The molecule has 1 aromatic carbocycles. The van der Waals surface area contributed by atoms with E-state index in [0.717, 1.165) is 10.6 Å². The predicted octanol–water partition coefficient (Wildman–Crippen LogP) is 2.59. The van der Waals surface area contributed by atoms with Gasteiger partial charge in [0.25, 0.3) is 0 Å². The van der Waals surface area contributed by atoms with E-state index >= 15 is 0 Å². The van der Waals surface area contributed by atoms with E-state index in [-0.39, 0.29) is 11.2 Å². The summed E-state index contributed by atoms with van der Waals surface area (Å²) >= 11 is 1.36. The number of aromatic nitrogens is 2.